The molecule has 0 unspecified atom stereocenters. The van der Waals surface area contributed by atoms with Crippen LogP contribution < -0.4 is 15.2 Å². The Kier molecular flexibility index (Phi) is 11.9. The molecule has 1 aliphatic heterocycles. The zero-order chi connectivity index (χ0) is 42.9. The highest BCUT2D eigenvalue weighted by molar-refractivity contribution is 7.90. The van der Waals surface area contributed by atoms with Gasteiger partial charge in [0, 0.05) is 65.7 Å². The molecule has 13 nitrogen and oxygen atoms in total. The molecule has 1 saturated heterocycles. The van der Waals surface area contributed by atoms with Crippen LogP contribution in [0.3, 0.4) is 0 Å². The summed E-state index contributed by atoms with van der Waals surface area (Å²) in [6.07, 6.45) is 1.07. The molecule has 0 atom stereocenters. The lowest BCUT2D eigenvalue weighted by Gasteiger charge is -2.38. The third-order valence-corrected chi connectivity index (χ3v) is 12.5. The number of hydrogen-bond acceptors (Lipinski definition) is 12. The highest BCUT2D eigenvalue weighted by Crippen LogP contribution is 2.37. The predicted octanol–water partition coefficient (Wildman–Crippen LogP) is 6.27. The SMILES string of the molecule is Cc1nc2cnc(N(C)C3CCN(CC(F)(F)C(F)F)CC3)c(C#N)c2c(=O)n1CC#Cc1ccc(Cl)cc1-c1ccnc2c(C(=O)NS(=O)(=O)c3ccccn3)csc12. The van der Waals surface area contributed by atoms with Crippen LogP contribution in [-0.2, 0) is 16.6 Å². The number of nitrogens with zero attached hydrogens (tertiary/aromatic N) is 8. The number of benzene rings is 1. The Labute approximate surface area is 349 Å². The van der Waals surface area contributed by atoms with Crippen molar-refractivity contribution in [3.63, 3.8) is 0 Å². The first-order valence-electron chi connectivity index (χ1n) is 18.1. The van der Waals surface area contributed by atoms with Gasteiger partial charge >= 0.3 is 12.3 Å². The first-order valence-corrected chi connectivity index (χ1v) is 20.9. The number of rotatable bonds is 10. The number of sulfonamides is 1. The van der Waals surface area contributed by atoms with Crippen LogP contribution >= 0.6 is 22.9 Å². The van der Waals surface area contributed by atoms with Gasteiger partial charge in [0.05, 0.1) is 46.0 Å². The molecule has 1 aliphatic rings. The number of alkyl halides is 4. The summed E-state index contributed by atoms with van der Waals surface area (Å²) in [5.74, 6) is 1.62. The van der Waals surface area contributed by atoms with Gasteiger partial charge in [-0.2, -0.15) is 22.5 Å². The fourth-order valence-electron chi connectivity index (χ4n) is 6.98. The largest absolute Gasteiger partial charge is 0.355 e. The Morgan fingerprint density at radius 2 is 1.88 bits per heavy atom. The fraction of sp³-hybridized carbons (Fsp3) is 0.275. The van der Waals surface area contributed by atoms with Crippen LogP contribution in [0.1, 0.15) is 40.2 Å². The van der Waals surface area contributed by atoms with Crippen molar-refractivity contribution in [1.82, 2.24) is 34.1 Å². The molecule has 1 aromatic carbocycles. The number of piperidine rings is 1. The van der Waals surface area contributed by atoms with E-state index in [1.165, 1.54) is 56.9 Å². The highest BCUT2D eigenvalue weighted by atomic mass is 35.5. The number of nitrogens with one attached hydrogen (secondary N) is 1. The molecule has 0 aliphatic carbocycles. The summed E-state index contributed by atoms with van der Waals surface area (Å²) in [7, 11) is -2.59. The smallest absolute Gasteiger partial charge is 0.319 e. The van der Waals surface area contributed by atoms with Gasteiger partial charge in [0.2, 0.25) is 0 Å². The zero-order valence-electron chi connectivity index (χ0n) is 31.7. The molecular formula is C40H32ClF4N9O4S2. The van der Waals surface area contributed by atoms with E-state index in [-0.39, 0.29) is 64.1 Å². The van der Waals surface area contributed by atoms with Crippen molar-refractivity contribution in [3.8, 4) is 29.0 Å². The minimum Gasteiger partial charge on any atom is -0.355 e. The Balaban J connectivity index is 1.16. The number of amides is 1. The van der Waals surface area contributed by atoms with Crippen LogP contribution in [0.2, 0.25) is 5.02 Å². The molecule has 0 saturated carbocycles. The molecule has 6 aromatic rings. The Morgan fingerprint density at radius 3 is 2.58 bits per heavy atom. The molecular weight excluding hydrogens is 846 g/mol. The molecule has 1 N–H and O–H groups in total. The summed E-state index contributed by atoms with van der Waals surface area (Å²) in [5, 5.41) is 11.9. The lowest BCUT2D eigenvalue weighted by molar-refractivity contribution is -0.143. The summed E-state index contributed by atoms with van der Waals surface area (Å²) >= 11 is 7.62. The van der Waals surface area contributed by atoms with Crippen molar-refractivity contribution < 1.29 is 30.8 Å². The normalized spacial score (nSPS) is 13.9. The fourth-order valence-corrected chi connectivity index (χ4v) is 9.10. The van der Waals surface area contributed by atoms with E-state index in [9.17, 15) is 40.8 Å². The van der Waals surface area contributed by atoms with Crippen LogP contribution in [0.4, 0.5) is 23.4 Å². The average Bonchev–Trinajstić information content (AvgIpc) is 3.67. The molecule has 60 heavy (non-hydrogen) atoms. The van der Waals surface area contributed by atoms with E-state index in [0.717, 1.165) is 0 Å². The van der Waals surface area contributed by atoms with Gasteiger partial charge in [-0.25, -0.2) is 28.5 Å². The topological polar surface area (TPSA) is 167 Å². The molecule has 6 heterocycles. The molecule has 0 radical (unpaired) electrons. The van der Waals surface area contributed by atoms with E-state index in [0.29, 0.717) is 45.1 Å². The van der Waals surface area contributed by atoms with Gasteiger partial charge in [0.25, 0.3) is 21.5 Å². The van der Waals surface area contributed by atoms with Gasteiger partial charge in [0.15, 0.2) is 5.03 Å². The van der Waals surface area contributed by atoms with Crippen molar-refractivity contribution in [3.05, 3.63) is 104 Å². The number of hydrogen-bond donors (Lipinski definition) is 1. The van der Waals surface area contributed by atoms with E-state index in [2.05, 4.69) is 37.8 Å². The Bertz CT molecular complexity index is 2920. The third-order valence-electron chi connectivity index (χ3n) is 10.0. The predicted molar refractivity (Wildman–Crippen MR) is 218 cm³/mol. The van der Waals surface area contributed by atoms with Crippen molar-refractivity contribution in [2.75, 3.05) is 31.6 Å². The van der Waals surface area contributed by atoms with Gasteiger partial charge in [0.1, 0.15) is 23.3 Å². The second-order valence-electron chi connectivity index (χ2n) is 13.8. The number of pyridine rings is 3. The third kappa shape index (κ3) is 8.39. The lowest BCUT2D eigenvalue weighted by atomic mass is 10.00. The lowest BCUT2D eigenvalue weighted by Crippen LogP contribution is -2.49. The first kappa shape index (κ1) is 42.1. The number of aromatic nitrogens is 5. The van der Waals surface area contributed by atoms with E-state index in [4.69, 9.17) is 11.6 Å². The number of fused-ring (bicyclic) bond motifs is 2. The van der Waals surface area contributed by atoms with Gasteiger partial charge in [-0.15, -0.1) is 11.3 Å². The molecule has 0 bridgehead atoms. The number of halogens is 5. The number of aryl methyl sites for hydroxylation is 1. The van der Waals surface area contributed by atoms with Crippen molar-refractivity contribution >= 4 is 65.8 Å². The van der Waals surface area contributed by atoms with Crippen LogP contribution in [-0.4, -0.2) is 88.8 Å². The zero-order valence-corrected chi connectivity index (χ0v) is 34.1. The highest BCUT2D eigenvalue weighted by Gasteiger charge is 2.43. The van der Waals surface area contributed by atoms with Crippen molar-refractivity contribution in [1.29, 1.82) is 5.26 Å². The van der Waals surface area contributed by atoms with Crippen molar-refractivity contribution in [2.24, 2.45) is 0 Å². The van der Waals surface area contributed by atoms with Gasteiger partial charge in [-0.05, 0) is 56.2 Å². The van der Waals surface area contributed by atoms with E-state index in [1.54, 1.807) is 49.2 Å². The molecule has 5 aromatic heterocycles. The van der Waals surface area contributed by atoms with E-state index in [1.807, 2.05) is 4.72 Å². The molecule has 20 heteroatoms. The maximum atomic E-state index is 14.1. The summed E-state index contributed by atoms with van der Waals surface area (Å²) in [6, 6.07) is 12.9. The average molecular weight is 878 g/mol. The quantitative estimate of drug-likeness (QED) is 0.122. The first-order chi connectivity index (χ1) is 28.6. The van der Waals surface area contributed by atoms with Crippen LogP contribution in [0, 0.1) is 30.1 Å². The summed E-state index contributed by atoms with van der Waals surface area (Å²) < 4.78 is 82.5. The molecule has 1 fully saturated rings. The number of thiophene rings is 1. The Hall–Kier alpha value is -5.99. The second kappa shape index (κ2) is 16.9. The van der Waals surface area contributed by atoms with Gasteiger partial charge < -0.3 is 4.90 Å². The van der Waals surface area contributed by atoms with E-state index < -0.39 is 40.4 Å². The summed E-state index contributed by atoms with van der Waals surface area (Å²) in [4.78, 5) is 47.5. The molecule has 0 spiro atoms. The number of nitriles is 1. The maximum Gasteiger partial charge on any atom is 0.319 e. The number of likely N-dealkylation sites (tertiary alicyclic amines) is 1. The Morgan fingerprint density at radius 1 is 1.12 bits per heavy atom. The van der Waals surface area contributed by atoms with Crippen LogP contribution in [0.25, 0.3) is 32.2 Å². The number of anilines is 1. The minimum absolute atomic E-state index is 0.0208. The van der Waals surface area contributed by atoms with E-state index >= 15 is 0 Å². The van der Waals surface area contributed by atoms with Gasteiger partial charge in [-0.1, -0.05) is 29.5 Å². The molecule has 1 amide bonds. The minimum atomic E-state index is -4.26. The monoisotopic (exact) mass is 877 g/mol. The van der Waals surface area contributed by atoms with Crippen LogP contribution in [0.5, 0.6) is 0 Å². The number of carbonyl (C=O) groups excluding carboxylic acids is 1. The molecule has 308 valence electrons. The van der Waals surface area contributed by atoms with Gasteiger partial charge in [-0.3, -0.25) is 24.0 Å². The number of carbonyl (C=O) groups is 1. The molecule has 7 rings (SSSR count). The summed E-state index contributed by atoms with van der Waals surface area (Å²) in [5.41, 5.74) is 1.62. The second-order valence-corrected chi connectivity index (χ2v) is 16.8. The standard InChI is InChI=1S/C40H32ClF4N9O4S2/c1-23-50-31-20-49-36(52(2)26-11-16-53(17-12-26)22-40(44,45)39(42)43)29(19-46)33(31)38(56)54(23)15-5-6-24-8-9-25(41)18-28(24)27-10-14-48-34-30(21-59-35(27)34)37(55)51-60(57,58)32-7-3-4-13-47-32/h3-4,7-10,13-14,18,20-21,26,39H,11-12,15-17,22H2,1-2H3,(H,51,55). The summed E-state index contributed by atoms with van der Waals surface area (Å²) in [6.45, 7) is 0.694. The maximum absolute atomic E-state index is 14.1. The van der Waals surface area contributed by atoms with Crippen molar-refractivity contribution in [2.45, 2.75) is 49.7 Å². The van der Waals surface area contributed by atoms with Crippen LogP contribution in [0.15, 0.2) is 76.3 Å².